The van der Waals surface area contributed by atoms with E-state index in [4.69, 9.17) is 4.42 Å². The Morgan fingerprint density at radius 3 is 2.79 bits per heavy atom. The van der Waals surface area contributed by atoms with Crippen molar-refractivity contribution in [2.24, 2.45) is 0 Å². The number of anilines is 1. The molecule has 7 heteroatoms. The van der Waals surface area contributed by atoms with Gasteiger partial charge in [-0.2, -0.15) is 0 Å². The first-order chi connectivity index (χ1) is 11.7. The molecule has 1 saturated heterocycles. The van der Waals surface area contributed by atoms with Crippen molar-refractivity contribution in [2.45, 2.75) is 31.7 Å². The lowest BCUT2D eigenvalue weighted by molar-refractivity contribution is 0.252. The number of rotatable bonds is 4. The van der Waals surface area contributed by atoms with Crippen LogP contribution in [0.5, 0.6) is 0 Å². The highest BCUT2D eigenvalue weighted by Gasteiger charge is 2.29. The Morgan fingerprint density at radius 1 is 1.08 bits per heavy atom. The van der Waals surface area contributed by atoms with Gasteiger partial charge in [0.25, 0.3) is 0 Å². The van der Waals surface area contributed by atoms with E-state index in [9.17, 15) is 8.78 Å². The standard InChI is InChI=1S/C17H20F2N4O/c18-13-3-1-4-14(16(13)19)23-8-2-7-22(9-10-23)11-15-20-21-17(24-15)12-5-6-12/h1,3-4,12H,2,5-11H2. The zero-order chi connectivity index (χ0) is 16.5. The van der Waals surface area contributed by atoms with E-state index in [1.54, 1.807) is 12.1 Å². The molecule has 0 unspecified atom stereocenters. The van der Waals surface area contributed by atoms with Crippen LogP contribution in [0.2, 0.25) is 0 Å². The van der Waals surface area contributed by atoms with Crippen LogP contribution in [-0.4, -0.2) is 41.3 Å². The summed E-state index contributed by atoms with van der Waals surface area (Å²) < 4.78 is 33.1. The Hall–Kier alpha value is -2.02. The highest BCUT2D eigenvalue weighted by atomic mass is 19.2. The lowest BCUT2D eigenvalue weighted by atomic mass is 10.2. The molecule has 1 aromatic carbocycles. The van der Waals surface area contributed by atoms with Crippen LogP contribution in [0.3, 0.4) is 0 Å². The molecule has 5 nitrogen and oxygen atoms in total. The van der Waals surface area contributed by atoms with Crippen LogP contribution >= 0.6 is 0 Å². The first kappa shape index (κ1) is 15.5. The molecular weight excluding hydrogens is 314 g/mol. The van der Waals surface area contributed by atoms with Crippen LogP contribution in [0.1, 0.15) is 37.0 Å². The number of halogens is 2. The molecule has 1 aromatic heterocycles. The van der Waals surface area contributed by atoms with Gasteiger partial charge in [0, 0.05) is 32.1 Å². The van der Waals surface area contributed by atoms with Crippen molar-refractivity contribution in [2.75, 3.05) is 31.1 Å². The predicted molar refractivity (Wildman–Crippen MR) is 84.7 cm³/mol. The smallest absolute Gasteiger partial charge is 0.230 e. The maximum atomic E-state index is 14.0. The van der Waals surface area contributed by atoms with Gasteiger partial charge in [0.15, 0.2) is 11.6 Å². The quantitative estimate of drug-likeness (QED) is 0.860. The molecule has 0 amide bonds. The minimum atomic E-state index is -0.799. The fourth-order valence-electron chi connectivity index (χ4n) is 3.12. The predicted octanol–water partition coefficient (Wildman–Crippen LogP) is 2.94. The van der Waals surface area contributed by atoms with Gasteiger partial charge >= 0.3 is 0 Å². The maximum absolute atomic E-state index is 14.0. The maximum Gasteiger partial charge on any atom is 0.230 e. The third kappa shape index (κ3) is 3.26. The third-order valence-electron chi connectivity index (χ3n) is 4.63. The summed E-state index contributed by atoms with van der Waals surface area (Å²) in [4.78, 5) is 4.13. The summed E-state index contributed by atoms with van der Waals surface area (Å²) in [6.07, 6.45) is 3.15. The number of hydrogen-bond acceptors (Lipinski definition) is 5. The topological polar surface area (TPSA) is 45.4 Å². The second-order valence-corrected chi connectivity index (χ2v) is 6.50. The Kier molecular flexibility index (Phi) is 4.18. The second kappa shape index (κ2) is 6.47. The van der Waals surface area contributed by atoms with E-state index in [0.29, 0.717) is 37.1 Å². The molecule has 0 atom stereocenters. The Bertz CT molecular complexity index is 716. The SMILES string of the molecule is Fc1cccc(N2CCCN(Cc3nnc(C4CC4)o3)CC2)c1F. The summed E-state index contributed by atoms with van der Waals surface area (Å²) >= 11 is 0. The average molecular weight is 334 g/mol. The van der Waals surface area contributed by atoms with Gasteiger partial charge in [-0.05, 0) is 31.4 Å². The van der Waals surface area contributed by atoms with Crippen LogP contribution in [-0.2, 0) is 6.54 Å². The minimum absolute atomic E-state index is 0.339. The van der Waals surface area contributed by atoms with Gasteiger partial charge in [-0.25, -0.2) is 8.78 Å². The van der Waals surface area contributed by atoms with E-state index < -0.39 is 11.6 Å². The molecule has 2 fully saturated rings. The lowest BCUT2D eigenvalue weighted by Gasteiger charge is -2.23. The van der Waals surface area contributed by atoms with Crippen LogP contribution in [0, 0.1) is 11.6 Å². The van der Waals surface area contributed by atoms with E-state index in [1.807, 2.05) is 4.90 Å². The van der Waals surface area contributed by atoms with Gasteiger partial charge < -0.3 is 9.32 Å². The largest absolute Gasteiger partial charge is 0.424 e. The average Bonchev–Trinajstić information content (AvgIpc) is 3.36. The van der Waals surface area contributed by atoms with Gasteiger partial charge in [-0.1, -0.05) is 6.07 Å². The molecular formula is C17H20F2N4O. The fraction of sp³-hybridized carbons (Fsp3) is 0.529. The van der Waals surface area contributed by atoms with E-state index in [0.717, 1.165) is 44.3 Å². The Morgan fingerprint density at radius 2 is 1.96 bits per heavy atom. The van der Waals surface area contributed by atoms with Gasteiger partial charge in [-0.15, -0.1) is 10.2 Å². The summed E-state index contributed by atoms with van der Waals surface area (Å²) in [6, 6.07) is 4.33. The van der Waals surface area contributed by atoms with Crippen LogP contribution in [0.15, 0.2) is 22.6 Å². The first-order valence-corrected chi connectivity index (χ1v) is 8.44. The highest BCUT2D eigenvalue weighted by molar-refractivity contribution is 5.48. The summed E-state index contributed by atoms with van der Waals surface area (Å²) in [5.41, 5.74) is 0.339. The Labute approximate surface area is 139 Å². The van der Waals surface area contributed by atoms with E-state index in [2.05, 4.69) is 15.1 Å². The van der Waals surface area contributed by atoms with Gasteiger partial charge in [0.05, 0.1) is 12.2 Å². The van der Waals surface area contributed by atoms with Crippen LogP contribution < -0.4 is 4.90 Å². The number of benzene rings is 1. The number of hydrogen-bond donors (Lipinski definition) is 0. The van der Waals surface area contributed by atoms with Crippen molar-refractivity contribution in [3.05, 3.63) is 41.6 Å². The molecule has 0 radical (unpaired) electrons. The fourth-order valence-corrected chi connectivity index (χ4v) is 3.12. The van der Waals surface area contributed by atoms with Crippen LogP contribution in [0.4, 0.5) is 14.5 Å². The van der Waals surface area contributed by atoms with Crippen molar-refractivity contribution in [3.63, 3.8) is 0 Å². The monoisotopic (exact) mass is 334 g/mol. The summed E-state index contributed by atoms with van der Waals surface area (Å²) in [5, 5.41) is 8.23. The van der Waals surface area contributed by atoms with E-state index in [-0.39, 0.29) is 0 Å². The molecule has 2 heterocycles. The second-order valence-electron chi connectivity index (χ2n) is 6.50. The van der Waals surface area contributed by atoms with Crippen molar-refractivity contribution in [1.82, 2.24) is 15.1 Å². The lowest BCUT2D eigenvalue weighted by Crippen LogP contribution is -2.31. The number of aromatic nitrogens is 2. The molecule has 4 rings (SSSR count). The third-order valence-corrected chi connectivity index (χ3v) is 4.63. The van der Waals surface area contributed by atoms with Gasteiger partial charge in [0.2, 0.25) is 11.8 Å². The van der Waals surface area contributed by atoms with Gasteiger partial charge in [0.1, 0.15) is 0 Å². The normalized spacial score (nSPS) is 19.5. The van der Waals surface area contributed by atoms with Crippen molar-refractivity contribution in [1.29, 1.82) is 0 Å². The summed E-state index contributed by atoms with van der Waals surface area (Å²) in [7, 11) is 0. The zero-order valence-corrected chi connectivity index (χ0v) is 13.4. The van der Waals surface area contributed by atoms with Crippen molar-refractivity contribution < 1.29 is 13.2 Å². The van der Waals surface area contributed by atoms with E-state index >= 15 is 0 Å². The molecule has 1 aliphatic heterocycles. The van der Waals surface area contributed by atoms with Crippen LogP contribution in [0.25, 0.3) is 0 Å². The zero-order valence-electron chi connectivity index (χ0n) is 13.4. The summed E-state index contributed by atoms with van der Waals surface area (Å²) in [6.45, 7) is 3.57. The minimum Gasteiger partial charge on any atom is -0.424 e. The molecule has 1 aliphatic carbocycles. The molecule has 2 aliphatic rings. The van der Waals surface area contributed by atoms with Gasteiger partial charge in [-0.3, -0.25) is 4.90 Å². The Balaban J connectivity index is 1.39. The van der Waals surface area contributed by atoms with Crippen molar-refractivity contribution >= 4 is 5.69 Å². The molecule has 0 N–H and O–H groups in total. The molecule has 1 saturated carbocycles. The van der Waals surface area contributed by atoms with E-state index in [1.165, 1.54) is 0 Å². The molecule has 2 aromatic rings. The highest BCUT2D eigenvalue weighted by Crippen LogP contribution is 2.39. The van der Waals surface area contributed by atoms with Crippen molar-refractivity contribution in [3.8, 4) is 0 Å². The first-order valence-electron chi connectivity index (χ1n) is 8.44. The molecule has 24 heavy (non-hydrogen) atoms. The molecule has 0 spiro atoms. The summed E-state index contributed by atoms with van der Waals surface area (Å²) in [5.74, 6) is 0.288. The number of nitrogens with zero attached hydrogens (tertiary/aromatic N) is 4. The molecule has 128 valence electrons. The molecule has 0 bridgehead atoms.